The minimum absolute atomic E-state index is 0.106. The number of aromatic nitrogens is 1. The Kier molecular flexibility index (Phi) is 2.95. The Labute approximate surface area is 77.5 Å². The standard InChI is InChI=1S/C9H15N3O/c1-3-6(2)12-9(13)8-4-7(10)5-11-8/h4-6,11H,3,10H2,1-2H3,(H,12,13). The van der Waals surface area contributed by atoms with Gasteiger partial charge in [-0.05, 0) is 19.4 Å². The van der Waals surface area contributed by atoms with Crippen LogP contribution in [0.2, 0.25) is 0 Å². The Hall–Kier alpha value is -1.45. The van der Waals surface area contributed by atoms with Gasteiger partial charge in [0.15, 0.2) is 0 Å². The number of aromatic amines is 1. The van der Waals surface area contributed by atoms with Gasteiger partial charge in [-0.25, -0.2) is 0 Å². The first-order valence-electron chi connectivity index (χ1n) is 4.38. The van der Waals surface area contributed by atoms with Crippen molar-refractivity contribution in [3.05, 3.63) is 18.0 Å². The minimum atomic E-state index is -0.106. The Bertz CT molecular complexity index is 293. The second-order valence-corrected chi connectivity index (χ2v) is 3.13. The van der Waals surface area contributed by atoms with Crippen molar-refractivity contribution in [1.29, 1.82) is 0 Å². The Balaban J connectivity index is 2.58. The van der Waals surface area contributed by atoms with E-state index in [0.717, 1.165) is 6.42 Å². The Morgan fingerprint density at radius 3 is 2.92 bits per heavy atom. The van der Waals surface area contributed by atoms with Gasteiger partial charge >= 0.3 is 0 Å². The first-order chi connectivity index (χ1) is 6.13. The third-order valence-corrected chi connectivity index (χ3v) is 1.94. The molecule has 0 aliphatic rings. The lowest BCUT2D eigenvalue weighted by Crippen LogP contribution is -2.32. The number of amides is 1. The fourth-order valence-corrected chi connectivity index (χ4v) is 0.946. The van der Waals surface area contributed by atoms with Gasteiger partial charge in [0.1, 0.15) is 5.69 Å². The van der Waals surface area contributed by atoms with Crippen molar-refractivity contribution < 1.29 is 4.79 Å². The van der Waals surface area contributed by atoms with E-state index in [2.05, 4.69) is 10.3 Å². The largest absolute Gasteiger partial charge is 0.397 e. The van der Waals surface area contributed by atoms with Gasteiger partial charge in [0, 0.05) is 17.9 Å². The summed E-state index contributed by atoms with van der Waals surface area (Å²) in [6, 6.07) is 1.81. The fourth-order valence-electron chi connectivity index (χ4n) is 0.946. The molecule has 0 saturated heterocycles. The van der Waals surface area contributed by atoms with E-state index < -0.39 is 0 Å². The second kappa shape index (κ2) is 3.98. The van der Waals surface area contributed by atoms with Gasteiger partial charge in [-0.2, -0.15) is 0 Å². The van der Waals surface area contributed by atoms with E-state index in [1.165, 1.54) is 0 Å². The highest BCUT2D eigenvalue weighted by Crippen LogP contribution is 2.04. The average molecular weight is 181 g/mol. The molecule has 1 aromatic heterocycles. The third-order valence-electron chi connectivity index (χ3n) is 1.94. The van der Waals surface area contributed by atoms with Gasteiger partial charge in [-0.15, -0.1) is 0 Å². The van der Waals surface area contributed by atoms with E-state index in [0.29, 0.717) is 11.4 Å². The topological polar surface area (TPSA) is 70.9 Å². The Morgan fingerprint density at radius 2 is 2.46 bits per heavy atom. The van der Waals surface area contributed by atoms with E-state index in [-0.39, 0.29) is 11.9 Å². The highest BCUT2D eigenvalue weighted by atomic mass is 16.1. The van der Waals surface area contributed by atoms with Crippen LogP contribution >= 0.6 is 0 Å². The van der Waals surface area contributed by atoms with Crippen molar-refractivity contribution in [1.82, 2.24) is 10.3 Å². The minimum Gasteiger partial charge on any atom is -0.397 e. The van der Waals surface area contributed by atoms with Crippen molar-refractivity contribution >= 4 is 11.6 Å². The average Bonchev–Trinajstić information content (AvgIpc) is 2.51. The van der Waals surface area contributed by atoms with Crippen LogP contribution < -0.4 is 11.1 Å². The van der Waals surface area contributed by atoms with Crippen molar-refractivity contribution in [2.45, 2.75) is 26.3 Å². The lowest BCUT2D eigenvalue weighted by atomic mass is 10.2. The predicted molar refractivity (Wildman–Crippen MR) is 52.4 cm³/mol. The van der Waals surface area contributed by atoms with E-state index >= 15 is 0 Å². The van der Waals surface area contributed by atoms with Gasteiger partial charge in [-0.3, -0.25) is 4.79 Å². The maximum atomic E-state index is 11.4. The molecule has 4 N–H and O–H groups in total. The van der Waals surface area contributed by atoms with Crippen molar-refractivity contribution in [3.63, 3.8) is 0 Å². The summed E-state index contributed by atoms with van der Waals surface area (Å²) < 4.78 is 0. The molecule has 0 aliphatic carbocycles. The third kappa shape index (κ3) is 2.50. The number of carbonyl (C=O) groups excluding carboxylic acids is 1. The van der Waals surface area contributed by atoms with Gasteiger partial charge in [0.2, 0.25) is 0 Å². The lowest BCUT2D eigenvalue weighted by molar-refractivity contribution is 0.0935. The maximum Gasteiger partial charge on any atom is 0.267 e. The zero-order valence-electron chi connectivity index (χ0n) is 7.92. The molecule has 0 bridgehead atoms. The summed E-state index contributed by atoms with van der Waals surface area (Å²) in [4.78, 5) is 14.2. The number of carbonyl (C=O) groups is 1. The van der Waals surface area contributed by atoms with Gasteiger partial charge < -0.3 is 16.0 Å². The quantitative estimate of drug-likeness (QED) is 0.654. The molecule has 4 heteroatoms. The SMILES string of the molecule is CCC(C)NC(=O)c1cc(N)c[nH]1. The normalized spacial score (nSPS) is 12.5. The molecule has 1 unspecified atom stereocenters. The first kappa shape index (κ1) is 9.64. The second-order valence-electron chi connectivity index (χ2n) is 3.13. The fraction of sp³-hybridized carbons (Fsp3) is 0.444. The molecule has 1 heterocycles. The smallest absolute Gasteiger partial charge is 0.267 e. The zero-order chi connectivity index (χ0) is 9.84. The molecule has 1 rings (SSSR count). The summed E-state index contributed by atoms with van der Waals surface area (Å²) in [5, 5.41) is 2.83. The molecule has 0 aliphatic heterocycles. The van der Waals surface area contributed by atoms with Crippen molar-refractivity contribution in [2.24, 2.45) is 0 Å². The summed E-state index contributed by atoms with van der Waals surface area (Å²) in [7, 11) is 0. The van der Waals surface area contributed by atoms with Crippen LogP contribution in [0.1, 0.15) is 30.8 Å². The molecule has 0 spiro atoms. The van der Waals surface area contributed by atoms with Gasteiger partial charge in [-0.1, -0.05) is 6.92 Å². The molecule has 0 saturated carbocycles. The lowest BCUT2D eigenvalue weighted by Gasteiger charge is -2.09. The number of rotatable bonds is 3. The molecule has 0 radical (unpaired) electrons. The first-order valence-corrected chi connectivity index (χ1v) is 4.38. The van der Waals surface area contributed by atoms with Crippen LogP contribution in [0.25, 0.3) is 0 Å². The number of hydrogen-bond acceptors (Lipinski definition) is 2. The summed E-state index contributed by atoms with van der Waals surface area (Å²) in [6.07, 6.45) is 2.52. The summed E-state index contributed by atoms with van der Waals surface area (Å²) in [5.74, 6) is -0.106. The van der Waals surface area contributed by atoms with E-state index in [1.54, 1.807) is 12.3 Å². The Morgan fingerprint density at radius 1 is 1.77 bits per heavy atom. The van der Waals surface area contributed by atoms with Gasteiger partial charge in [0.25, 0.3) is 5.91 Å². The highest BCUT2D eigenvalue weighted by Gasteiger charge is 2.09. The number of anilines is 1. The predicted octanol–water partition coefficient (Wildman–Crippen LogP) is 1.13. The summed E-state index contributed by atoms with van der Waals surface area (Å²) in [6.45, 7) is 3.98. The van der Waals surface area contributed by atoms with Crippen LogP contribution in [0.4, 0.5) is 5.69 Å². The molecule has 0 aromatic carbocycles. The van der Waals surface area contributed by atoms with Crippen LogP contribution in [0.3, 0.4) is 0 Å². The monoisotopic (exact) mass is 181 g/mol. The van der Waals surface area contributed by atoms with Crippen molar-refractivity contribution in [3.8, 4) is 0 Å². The number of H-pyrrole nitrogens is 1. The summed E-state index contributed by atoms with van der Waals surface area (Å²) >= 11 is 0. The maximum absolute atomic E-state index is 11.4. The van der Waals surface area contributed by atoms with Crippen LogP contribution in [0, 0.1) is 0 Å². The van der Waals surface area contributed by atoms with E-state index in [9.17, 15) is 4.79 Å². The van der Waals surface area contributed by atoms with Crippen LogP contribution in [0.15, 0.2) is 12.3 Å². The molecule has 13 heavy (non-hydrogen) atoms. The summed E-state index contributed by atoms with van der Waals surface area (Å²) in [5.41, 5.74) is 6.56. The molecule has 1 aromatic rings. The number of nitrogen functional groups attached to an aromatic ring is 1. The number of nitrogens with two attached hydrogens (primary N) is 1. The molecular formula is C9H15N3O. The van der Waals surface area contributed by atoms with Gasteiger partial charge in [0.05, 0.1) is 0 Å². The van der Waals surface area contributed by atoms with E-state index in [1.807, 2.05) is 13.8 Å². The zero-order valence-corrected chi connectivity index (χ0v) is 7.92. The molecule has 0 fully saturated rings. The van der Waals surface area contributed by atoms with Crippen LogP contribution in [0.5, 0.6) is 0 Å². The molecular weight excluding hydrogens is 166 g/mol. The molecule has 1 atom stereocenters. The molecule has 1 amide bonds. The van der Waals surface area contributed by atoms with Crippen molar-refractivity contribution in [2.75, 3.05) is 5.73 Å². The number of nitrogens with one attached hydrogen (secondary N) is 2. The van der Waals surface area contributed by atoms with E-state index in [4.69, 9.17) is 5.73 Å². The van der Waals surface area contributed by atoms with Crippen LogP contribution in [-0.2, 0) is 0 Å². The molecule has 72 valence electrons. The highest BCUT2D eigenvalue weighted by molar-refractivity contribution is 5.93. The molecule has 4 nitrogen and oxygen atoms in total. The number of hydrogen-bond donors (Lipinski definition) is 3. The van der Waals surface area contributed by atoms with Crippen LogP contribution in [-0.4, -0.2) is 16.9 Å².